The van der Waals surface area contributed by atoms with Gasteiger partial charge in [-0.25, -0.2) is 4.79 Å². The molecule has 1 saturated heterocycles. The van der Waals surface area contributed by atoms with Crippen molar-refractivity contribution in [1.29, 1.82) is 0 Å². The maximum absolute atomic E-state index is 11.8. The molecule has 0 amide bonds. The van der Waals surface area contributed by atoms with Gasteiger partial charge in [-0.2, -0.15) is 5.48 Å². The lowest BCUT2D eigenvalue weighted by Gasteiger charge is -2.15. The lowest BCUT2D eigenvalue weighted by atomic mass is 10.1. The molecule has 1 aromatic rings. The molecule has 0 aromatic carbocycles. The van der Waals surface area contributed by atoms with Crippen molar-refractivity contribution < 1.29 is 14.7 Å². The van der Waals surface area contributed by atoms with Gasteiger partial charge in [0.15, 0.2) is 0 Å². The Bertz CT molecular complexity index is 552. The Morgan fingerprint density at radius 2 is 2.37 bits per heavy atom. The third kappa shape index (κ3) is 2.76. The van der Waals surface area contributed by atoms with Crippen LogP contribution in [0.15, 0.2) is 15.8 Å². The molecular formula is C11H17N3O5. The molecule has 1 aliphatic rings. The quantitative estimate of drug-likeness (QED) is 0.584. The summed E-state index contributed by atoms with van der Waals surface area (Å²) in [5.41, 5.74) is 2.20. The van der Waals surface area contributed by atoms with E-state index in [1.165, 1.54) is 17.9 Å². The van der Waals surface area contributed by atoms with Crippen LogP contribution in [0.2, 0.25) is 0 Å². The highest BCUT2D eigenvalue weighted by atomic mass is 16.6. The predicted octanol–water partition coefficient (Wildman–Crippen LogP) is -1.36. The number of hydroxylamine groups is 1. The molecule has 3 atom stereocenters. The number of aromatic amines is 1. The molecule has 19 heavy (non-hydrogen) atoms. The SMILES string of the molecule is CON[C@@H]1C[C@H](n2cc(C)c(=O)[nH]c2=O)O[C@@H]1CO. The number of aryl methyl sites for hydroxylation is 1. The molecule has 0 bridgehead atoms. The lowest BCUT2D eigenvalue weighted by Crippen LogP contribution is -2.37. The van der Waals surface area contributed by atoms with Crippen LogP contribution in [-0.2, 0) is 9.57 Å². The highest BCUT2D eigenvalue weighted by molar-refractivity contribution is 5.02. The van der Waals surface area contributed by atoms with E-state index in [1.54, 1.807) is 6.92 Å². The Morgan fingerprint density at radius 1 is 1.63 bits per heavy atom. The van der Waals surface area contributed by atoms with Gasteiger partial charge in [0.2, 0.25) is 0 Å². The molecule has 2 rings (SSSR count). The molecule has 8 nitrogen and oxygen atoms in total. The Hall–Kier alpha value is -1.48. The van der Waals surface area contributed by atoms with Crippen LogP contribution in [0.4, 0.5) is 0 Å². The zero-order valence-corrected chi connectivity index (χ0v) is 10.8. The fourth-order valence-electron chi connectivity index (χ4n) is 2.15. The number of ether oxygens (including phenoxy) is 1. The second kappa shape index (κ2) is 5.66. The molecule has 106 valence electrons. The molecular weight excluding hydrogens is 254 g/mol. The molecule has 1 aromatic heterocycles. The zero-order chi connectivity index (χ0) is 14.0. The molecule has 2 heterocycles. The van der Waals surface area contributed by atoms with Gasteiger partial charge in [-0.1, -0.05) is 0 Å². The summed E-state index contributed by atoms with van der Waals surface area (Å²) in [7, 11) is 1.47. The van der Waals surface area contributed by atoms with Crippen LogP contribution < -0.4 is 16.7 Å². The summed E-state index contributed by atoms with van der Waals surface area (Å²) >= 11 is 0. The lowest BCUT2D eigenvalue weighted by molar-refractivity contribution is -0.0430. The summed E-state index contributed by atoms with van der Waals surface area (Å²) in [4.78, 5) is 30.1. The molecule has 0 radical (unpaired) electrons. The average molecular weight is 271 g/mol. The van der Waals surface area contributed by atoms with Gasteiger partial charge in [-0.05, 0) is 6.92 Å². The number of hydrogen-bond donors (Lipinski definition) is 3. The molecule has 0 saturated carbocycles. The van der Waals surface area contributed by atoms with Crippen LogP contribution in [0.1, 0.15) is 18.2 Å². The summed E-state index contributed by atoms with van der Waals surface area (Å²) in [6.45, 7) is 1.42. The first-order valence-corrected chi connectivity index (χ1v) is 5.93. The number of hydrogen-bond acceptors (Lipinski definition) is 6. The van der Waals surface area contributed by atoms with Gasteiger partial charge in [0.25, 0.3) is 5.56 Å². The van der Waals surface area contributed by atoms with Crippen molar-refractivity contribution in [1.82, 2.24) is 15.0 Å². The summed E-state index contributed by atoms with van der Waals surface area (Å²) in [5.74, 6) is 0. The maximum Gasteiger partial charge on any atom is 0.330 e. The van der Waals surface area contributed by atoms with Gasteiger partial charge in [0.05, 0.1) is 19.8 Å². The van der Waals surface area contributed by atoms with Gasteiger partial charge < -0.3 is 14.7 Å². The van der Waals surface area contributed by atoms with E-state index in [0.717, 1.165) is 0 Å². The maximum atomic E-state index is 11.8. The number of aromatic nitrogens is 2. The van der Waals surface area contributed by atoms with Gasteiger partial charge >= 0.3 is 5.69 Å². The minimum Gasteiger partial charge on any atom is -0.394 e. The van der Waals surface area contributed by atoms with Crippen LogP contribution in [0, 0.1) is 6.92 Å². The van der Waals surface area contributed by atoms with Crippen LogP contribution in [0.5, 0.6) is 0 Å². The first-order valence-electron chi connectivity index (χ1n) is 5.93. The number of aliphatic hydroxyl groups excluding tert-OH is 1. The zero-order valence-electron chi connectivity index (χ0n) is 10.8. The highest BCUT2D eigenvalue weighted by Gasteiger charge is 2.36. The van der Waals surface area contributed by atoms with Crippen molar-refractivity contribution >= 4 is 0 Å². The smallest absolute Gasteiger partial charge is 0.330 e. The Morgan fingerprint density at radius 3 is 3.00 bits per heavy atom. The number of nitrogens with zero attached hydrogens (tertiary/aromatic N) is 1. The molecule has 1 fully saturated rings. The third-order valence-electron chi connectivity index (χ3n) is 3.14. The van der Waals surface area contributed by atoms with Crippen molar-refractivity contribution in [2.24, 2.45) is 0 Å². The third-order valence-corrected chi connectivity index (χ3v) is 3.14. The minimum atomic E-state index is -0.548. The molecule has 3 N–H and O–H groups in total. The van der Waals surface area contributed by atoms with Crippen molar-refractivity contribution in [2.75, 3.05) is 13.7 Å². The number of H-pyrrole nitrogens is 1. The van der Waals surface area contributed by atoms with Gasteiger partial charge in [-0.15, -0.1) is 0 Å². The fourth-order valence-corrected chi connectivity index (χ4v) is 2.15. The van der Waals surface area contributed by atoms with Crippen LogP contribution >= 0.6 is 0 Å². The first-order chi connectivity index (χ1) is 9.06. The van der Waals surface area contributed by atoms with Crippen molar-refractivity contribution in [3.63, 3.8) is 0 Å². The second-order valence-electron chi connectivity index (χ2n) is 4.45. The summed E-state index contributed by atoms with van der Waals surface area (Å²) < 4.78 is 6.90. The number of nitrogens with one attached hydrogen (secondary N) is 2. The fraction of sp³-hybridized carbons (Fsp3) is 0.636. The van der Waals surface area contributed by atoms with Crippen molar-refractivity contribution in [2.45, 2.75) is 31.7 Å². The van der Waals surface area contributed by atoms with E-state index in [1.807, 2.05) is 0 Å². The van der Waals surface area contributed by atoms with E-state index < -0.39 is 23.6 Å². The second-order valence-corrected chi connectivity index (χ2v) is 4.45. The minimum absolute atomic E-state index is 0.186. The normalized spacial score (nSPS) is 26.8. The first kappa shape index (κ1) is 13.9. The van der Waals surface area contributed by atoms with Crippen LogP contribution in [0.25, 0.3) is 0 Å². The van der Waals surface area contributed by atoms with Gasteiger partial charge in [0, 0.05) is 18.2 Å². The number of aliphatic hydroxyl groups is 1. The van der Waals surface area contributed by atoms with Crippen molar-refractivity contribution in [3.05, 3.63) is 32.6 Å². The number of rotatable bonds is 4. The summed E-state index contributed by atoms with van der Waals surface area (Å²) in [5, 5.41) is 9.23. The van der Waals surface area contributed by atoms with E-state index in [-0.39, 0.29) is 12.6 Å². The van der Waals surface area contributed by atoms with E-state index in [9.17, 15) is 14.7 Å². The predicted molar refractivity (Wildman–Crippen MR) is 65.6 cm³/mol. The summed E-state index contributed by atoms with van der Waals surface area (Å²) in [6, 6.07) is -0.223. The van der Waals surface area contributed by atoms with Gasteiger partial charge in [-0.3, -0.25) is 14.3 Å². The van der Waals surface area contributed by atoms with Crippen molar-refractivity contribution in [3.8, 4) is 0 Å². The average Bonchev–Trinajstić information content (AvgIpc) is 2.77. The van der Waals surface area contributed by atoms with E-state index in [0.29, 0.717) is 12.0 Å². The molecule has 8 heteroatoms. The highest BCUT2D eigenvalue weighted by Crippen LogP contribution is 2.27. The van der Waals surface area contributed by atoms with E-state index in [2.05, 4.69) is 10.5 Å². The molecule has 0 spiro atoms. The van der Waals surface area contributed by atoms with Gasteiger partial charge in [0.1, 0.15) is 12.3 Å². The largest absolute Gasteiger partial charge is 0.394 e. The topological polar surface area (TPSA) is 106 Å². The monoisotopic (exact) mass is 271 g/mol. The van der Waals surface area contributed by atoms with E-state index in [4.69, 9.17) is 9.57 Å². The summed E-state index contributed by atoms with van der Waals surface area (Å²) in [6.07, 6.45) is 0.886. The Kier molecular flexibility index (Phi) is 4.15. The Balaban J connectivity index is 2.27. The Labute approximate surface area is 108 Å². The van der Waals surface area contributed by atoms with Crippen LogP contribution in [0.3, 0.4) is 0 Å². The molecule has 0 unspecified atom stereocenters. The molecule has 1 aliphatic heterocycles. The molecule has 0 aliphatic carbocycles. The van der Waals surface area contributed by atoms with Crippen LogP contribution in [-0.4, -0.2) is 40.5 Å². The van der Waals surface area contributed by atoms with E-state index >= 15 is 0 Å². The standard InChI is InChI=1S/C11H17N3O5/c1-6-4-14(11(17)12-10(6)16)9-3-7(13-18-2)8(5-15)19-9/h4,7-9,13,15H,3,5H2,1-2H3,(H,12,16,17)/t7-,8-,9-/m1/s1.